The Morgan fingerprint density at radius 1 is 1.32 bits per heavy atom. The van der Waals surface area contributed by atoms with Gasteiger partial charge in [0.25, 0.3) is 0 Å². The zero-order chi connectivity index (χ0) is 15.1. The van der Waals surface area contributed by atoms with E-state index in [4.69, 9.17) is 25.7 Å². The average molecular weight is 299 g/mol. The Morgan fingerprint density at radius 2 is 1.89 bits per heavy atom. The molecule has 11 heteroatoms. The maximum absolute atomic E-state index is 11.0. The summed E-state index contributed by atoms with van der Waals surface area (Å²) in [7, 11) is -4.24. The summed E-state index contributed by atoms with van der Waals surface area (Å²) in [6.45, 7) is -0.358. The van der Waals surface area contributed by atoms with E-state index in [1.54, 1.807) is 0 Å². The first-order valence-corrected chi connectivity index (χ1v) is 7.11. The predicted molar refractivity (Wildman–Crippen MR) is 64.1 cm³/mol. The summed E-state index contributed by atoms with van der Waals surface area (Å²) in [6, 6.07) is -1.13. The van der Waals surface area contributed by atoms with E-state index in [9.17, 15) is 14.2 Å². The first-order chi connectivity index (χ1) is 8.67. The lowest BCUT2D eigenvalue weighted by atomic mass is 10.1. The minimum absolute atomic E-state index is 0.153. The number of rotatable bonds is 10. The fourth-order valence-electron chi connectivity index (χ4n) is 1.36. The van der Waals surface area contributed by atoms with Crippen molar-refractivity contribution in [2.24, 2.45) is 5.73 Å². The van der Waals surface area contributed by atoms with Gasteiger partial charge in [0.2, 0.25) is 0 Å². The number of carboxylic acid groups (broad SMARTS) is 2. The van der Waals surface area contributed by atoms with Crippen molar-refractivity contribution < 1.29 is 34.2 Å². The minimum Gasteiger partial charge on any atom is -0.481 e. The topological polar surface area (TPSA) is 173 Å². The summed E-state index contributed by atoms with van der Waals surface area (Å²) in [5.41, 5.74) is 5.35. The van der Waals surface area contributed by atoms with Crippen LogP contribution in [0.1, 0.15) is 12.8 Å². The van der Waals surface area contributed by atoms with E-state index in [0.29, 0.717) is 0 Å². The monoisotopic (exact) mass is 299 g/mol. The van der Waals surface area contributed by atoms with Gasteiger partial charge in [-0.3, -0.25) is 24.4 Å². The van der Waals surface area contributed by atoms with Gasteiger partial charge in [0.1, 0.15) is 6.04 Å². The zero-order valence-corrected chi connectivity index (χ0v) is 11.0. The van der Waals surface area contributed by atoms with Crippen molar-refractivity contribution >= 4 is 19.5 Å². The molecule has 0 amide bonds. The number of nitrogens with zero attached hydrogens (tertiary/aromatic N) is 1. The van der Waals surface area contributed by atoms with E-state index in [2.05, 4.69) is 5.32 Å². The van der Waals surface area contributed by atoms with Crippen LogP contribution in [-0.2, 0) is 14.2 Å². The molecule has 0 rings (SSSR count). The minimum atomic E-state index is -4.24. The molecule has 0 aromatic rings. The molecule has 0 fully saturated rings. The van der Waals surface area contributed by atoms with E-state index in [1.807, 2.05) is 0 Å². The standard InChI is InChI=1S/C8H18N3O7P/c9-3-11(4-10-5-19(16,17)18)6(8(14)15)1-2-7(12)13/h6,10H,1-5,9H2,(H,12,13)(H,14,15)(H2,16,17,18)/t6-/m0/s1. The molecular weight excluding hydrogens is 281 g/mol. The van der Waals surface area contributed by atoms with Gasteiger partial charge in [0.05, 0.1) is 13.0 Å². The number of hydrogen-bond donors (Lipinski definition) is 6. The van der Waals surface area contributed by atoms with Gasteiger partial charge in [0, 0.05) is 13.1 Å². The Labute approximate surface area is 109 Å². The molecule has 0 saturated heterocycles. The lowest BCUT2D eigenvalue weighted by Crippen LogP contribution is -2.48. The Kier molecular flexibility index (Phi) is 7.76. The largest absolute Gasteiger partial charge is 0.481 e. The van der Waals surface area contributed by atoms with Crippen LogP contribution in [0.4, 0.5) is 0 Å². The summed E-state index contributed by atoms with van der Waals surface area (Å²) < 4.78 is 10.6. The molecule has 0 aromatic carbocycles. The molecule has 1 atom stereocenters. The van der Waals surface area contributed by atoms with Crippen LogP contribution in [0.15, 0.2) is 0 Å². The number of hydrogen-bond acceptors (Lipinski definition) is 6. The van der Waals surface area contributed by atoms with Crippen molar-refractivity contribution in [1.82, 2.24) is 10.2 Å². The highest BCUT2D eigenvalue weighted by atomic mass is 31.2. The molecule has 112 valence electrons. The molecule has 0 spiro atoms. The van der Waals surface area contributed by atoms with Crippen LogP contribution < -0.4 is 11.1 Å². The molecule has 0 aliphatic carbocycles. The van der Waals surface area contributed by atoms with Crippen LogP contribution in [0.2, 0.25) is 0 Å². The Hall–Kier alpha value is -1.03. The lowest BCUT2D eigenvalue weighted by Gasteiger charge is -2.27. The molecule has 0 bridgehead atoms. The quantitative estimate of drug-likeness (QED) is 0.199. The third-order valence-corrected chi connectivity index (χ3v) is 2.86. The summed E-state index contributed by atoms with van der Waals surface area (Å²) >= 11 is 0. The second kappa shape index (κ2) is 8.20. The first kappa shape index (κ1) is 18.0. The Bertz CT molecular complexity index is 358. The van der Waals surface area contributed by atoms with E-state index in [1.165, 1.54) is 4.90 Å². The third kappa shape index (κ3) is 8.65. The predicted octanol–water partition coefficient (Wildman–Crippen LogP) is -1.80. The van der Waals surface area contributed by atoms with Crippen LogP contribution in [0, 0.1) is 0 Å². The van der Waals surface area contributed by atoms with Gasteiger partial charge in [-0.2, -0.15) is 0 Å². The first-order valence-electron chi connectivity index (χ1n) is 5.31. The van der Waals surface area contributed by atoms with Gasteiger partial charge < -0.3 is 25.7 Å². The highest BCUT2D eigenvalue weighted by Gasteiger charge is 2.25. The number of nitrogens with one attached hydrogen (secondary N) is 1. The van der Waals surface area contributed by atoms with Crippen molar-refractivity contribution in [3.8, 4) is 0 Å². The molecule has 0 saturated carbocycles. The van der Waals surface area contributed by atoms with Crippen molar-refractivity contribution in [2.45, 2.75) is 18.9 Å². The van der Waals surface area contributed by atoms with Gasteiger partial charge in [-0.1, -0.05) is 0 Å². The smallest absolute Gasteiger partial charge is 0.339 e. The Morgan fingerprint density at radius 3 is 2.26 bits per heavy atom. The highest BCUT2D eigenvalue weighted by molar-refractivity contribution is 7.51. The maximum atomic E-state index is 11.0. The molecule has 19 heavy (non-hydrogen) atoms. The van der Waals surface area contributed by atoms with Crippen LogP contribution >= 0.6 is 7.60 Å². The van der Waals surface area contributed by atoms with Crippen molar-refractivity contribution in [1.29, 1.82) is 0 Å². The fourth-order valence-corrected chi connectivity index (χ4v) is 1.75. The normalized spacial score (nSPS) is 13.5. The molecule has 0 aromatic heterocycles. The maximum Gasteiger partial charge on any atom is 0.339 e. The van der Waals surface area contributed by atoms with Gasteiger partial charge in [-0.15, -0.1) is 0 Å². The Balaban J connectivity index is 4.44. The summed E-state index contributed by atoms with van der Waals surface area (Å²) in [5.74, 6) is -2.38. The van der Waals surface area contributed by atoms with Crippen LogP contribution in [-0.4, -0.2) is 62.5 Å². The number of nitrogens with two attached hydrogens (primary N) is 1. The average Bonchev–Trinajstić information content (AvgIpc) is 2.24. The third-order valence-electron chi connectivity index (χ3n) is 2.22. The second-order valence-corrected chi connectivity index (χ2v) is 5.43. The highest BCUT2D eigenvalue weighted by Crippen LogP contribution is 2.31. The summed E-state index contributed by atoms with van der Waals surface area (Å²) in [4.78, 5) is 39.9. The zero-order valence-electron chi connectivity index (χ0n) is 10.1. The van der Waals surface area contributed by atoms with E-state index < -0.39 is 31.9 Å². The van der Waals surface area contributed by atoms with Gasteiger partial charge in [0.15, 0.2) is 0 Å². The van der Waals surface area contributed by atoms with Gasteiger partial charge in [-0.25, -0.2) is 0 Å². The van der Waals surface area contributed by atoms with E-state index in [0.717, 1.165) is 0 Å². The molecule has 10 nitrogen and oxygen atoms in total. The second-order valence-electron chi connectivity index (χ2n) is 3.79. The molecule has 0 heterocycles. The summed E-state index contributed by atoms with van der Waals surface area (Å²) in [6.07, 6.45) is -1.11. The SMILES string of the molecule is NCN(CNCP(=O)(O)O)[C@@H](CCC(=O)O)C(=O)O. The van der Waals surface area contributed by atoms with Crippen LogP contribution in [0.25, 0.3) is 0 Å². The molecule has 0 aliphatic heterocycles. The van der Waals surface area contributed by atoms with Crippen molar-refractivity contribution in [3.05, 3.63) is 0 Å². The molecule has 7 N–H and O–H groups in total. The van der Waals surface area contributed by atoms with Crippen molar-refractivity contribution in [3.63, 3.8) is 0 Å². The van der Waals surface area contributed by atoms with Crippen LogP contribution in [0.5, 0.6) is 0 Å². The fraction of sp³-hybridized carbons (Fsp3) is 0.750. The van der Waals surface area contributed by atoms with Gasteiger partial charge in [-0.05, 0) is 6.42 Å². The lowest BCUT2D eigenvalue weighted by molar-refractivity contribution is -0.144. The number of aliphatic carboxylic acids is 2. The molecule has 0 aliphatic rings. The summed E-state index contributed by atoms with van der Waals surface area (Å²) in [5, 5.41) is 19.9. The van der Waals surface area contributed by atoms with Gasteiger partial charge >= 0.3 is 19.5 Å². The molecular formula is C8H18N3O7P. The number of carbonyl (C=O) groups is 2. The molecule has 0 radical (unpaired) electrons. The van der Waals surface area contributed by atoms with Crippen molar-refractivity contribution in [2.75, 3.05) is 19.6 Å². The molecule has 0 unspecified atom stereocenters. The van der Waals surface area contributed by atoms with Crippen LogP contribution in [0.3, 0.4) is 0 Å². The number of carboxylic acids is 2. The van der Waals surface area contributed by atoms with E-state index in [-0.39, 0.29) is 26.2 Å². The van der Waals surface area contributed by atoms with E-state index >= 15 is 0 Å².